The van der Waals surface area contributed by atoms with Crippen LogP contribution in [0.25, 0.3) is 0 Å². The molecule has 0 aromatic carbocycles. The van der Waals surface area contributed by atoms with Crippen molar-refractivity contribution in [2.24, 2.45) is 0 Å². The Morgan fingerprint density at radius 2 is 2.11 bits per heavy atom. The van der Waals surface area contributed by atoms with E-state index in [4.69, 9.17) is 5.11 Å². The Labute approximate surface area is 105 Å². The number of hydrogen-bond acceptors (Lipinski definition) is 5. The van der Waals surface area contributed by atoms with Crippen molar-refractivity contribution >= 4 is 21.7 Å². The first kappa shape index (κ1) is 14.4. The summed E-state index contributed by atoms with van der Waals surface area (Å²) in [6, 6.07) is 3.01. The van der Waals surface area contributed by atoms with Gasteiger partial charge in [0.1, 0.15) is 5.69 Å². The van der Waals surface area contributed by atoms with Gasteiger partial charge in [-0.2, -0.15) is 0 Å². The molecule has 0 saturated carbocycles. The number of aromatic carboxylic acids is 1. The summed E-state index contributed by atoms with van der Waals surface area (Å²) in [4.78, 5) is 14.3. The van der Waals surface area contributed by atoms with Crippen molar-refractivity contribution in [1.82, 2.24) is 9.71 Å². The number of carboxylic acids is 1. The lowest BCUT2D eigenvalue weighted by Crippen LogP contribution is -2.24. The molecule has 18 heavy (non-hydrogen) atoms. The van der Waals surface area contributed by atoms with Crippen LogP contribution >= 0.6 is 0 Å². The molecule has 0 amide bonds. The van der Waals surface area contributed by atoms with Gasteiger partial charge in [-0.3, -0.25) is 0 Å². The van der Waals surface area contributed by atoms with Gasteiger partial charge in [0.05, 0.1) is 18.1 Å². The molecule has 0 bridgehead atoms. The lowest BCUT2D eigenvalue weighted by molar-refractivity contribution is 0.0690. The summed E-state index contributed by atoms with van der Waals surface area (Å²) in [5.74, 6) is -1.07. The van der Waals surface area contributed by atoms with Crippen LogP contribution in [0.1, 0.15) is 16.9 Å². The molecule has 0 spiro atoms. The number of sulfonamides is 1. The maximum absolute atomic E-state index is 10.8. The van der Waals surface area contributed by atoms with Crippen molar-refractivity contribution in [1.29, 1.82) is 0 Å². The summed E-state index contributed by atoms with van der Waals surface area (Å²) in [5, 5.41) is 11.7. The van der Waals surface area contributed by atoms with E-state index in [-0.39, 0.29) is 5.69 Å². The molecule has 3 N–H and O–H groups in total. The Kier molecular flexibility index (Phi) is 5.05. The number of anilines is 1. The largest absolute Gasteiger partial charge is 0.477 e. The van der Waals surface area contributed by atoms with E-state index in [1.165, 1.54) is 12.3 Å². The van der Waals surface area contributed by atoms with Crippen LogP contribution in [0, 0.1) is 0 Å². The van der Waals surface area contributed by atoms with Gasteiger partial charge in [-0.05, 0) is 18.6 Å². The number of aromatic nitrogens is 1. The molecule has 0 atom stereocenters. The van der Waals surface area contributed by atoms with E-state index < -0.39 is 16.0 Å². The van der Waals surface area contributed by atoms with Crippen molar-refractivity contribution in [3.63, 3.8) is 0 Å². The van der Waals surface area contributed by atoms with Crippen LogP contribution in [-0.4, -0.2) is 43.8 Å². The minimum absolute atomic E-state index is 0.0145. The molecule has 0 radical (unpaired) electrons. The molecule has 8 heteroatoms. The lowest BCUT2D eigenvalue weighted by atomic mass is 10.3. The van der Waals surface area contributed by atoms with E-state index in [0.29, 0.717) is 25.2 Å². The predicted octanol–water partition coefficient (Wildman–Crippen LogP) is 0.131. The summed E-state index contributed by atoms with van der Waals surface area (Å²) in [6.45, 7) is 0.920. The zero-order chi connectivity index (χ0) is 13.6. The van der Waals surface area contributed by atoms with Gasteiger partial charge in [-0.15, -0.1) is 0 Å². The third-order valence-corrected chi connectivity index (χ3v) is 2.76. The zero-order valence-electron chi connectivity index (χ0n) is 9.88. The first-order chi connectivity index (χ1) is 8.38. The van der Waals surface area contributed by atoms with Gasteiger partial charge in [-0.25, -0.2) is 22.9 Å². The summed E-state index contributed by atoms with van der Waals surface area (Å²) < 4.78 is 23.9. The number of hydrogen-bond donors (Lipinski definition) is 3. The van der Waals surface area contributed by atoms with Gasteiger partial charge in [0, 0.05) is 13.1 Å². The van der Waals surface area contributed by atoms with Crippen molar-refractivity contribution in [3.8, 4) is 0 Å². The van der Waals surface area contributed by atoms with E-state index in [2.05, 4.69) is 15.0 Å². The molecule has 0 aliphatic rings. The van der Waals surface area contributed by atoms with Crippen LogP contribution in [0.2, 0.25) is 0 Å². The molecule has 1 heterocycles. The molecule has 0 aliphatic heterocycles. The van der Waals surface area contributed by atoms with Crippen LogP contribution in [0.15, 0.2) is 18.3 Å². The topological polar surface area (TPSA) is 108 Å². The summed E-state index contributed by atoms with van der Waals surface area (Å²) in [6.07, 6.45) is 3.15. The van der Waals surface area contributed by atoms with Crippen molar-refractivity contribution in [2.75, 3.05) is 24.7 Å². The molecule has 1 aromatic heterocycles. The average Bonchev–Trinajstić information content (AvgIpc) is 2.27. The third-order valence-electron chi connectivity index (χ3n) is 2.03. The van der Waals surface area contributed by atoms with E-state index >= 15 is 0 Å². The van der Waals surface area contributed by atoms with Gasteiger partial charge in [-0.1, -0.05) is 0 Å². The van der Waals surface area contributed by atoms with E-state index in [0.717, 1.165) is 6.26 Å². The molecule has 0 unspecified atom stereocenters. The first-order valence-corrected chi connectivity index (χ1v) is 7.15. The number of nitrogens with zero attached hydrogens (tertiary/aromatic N) is 1. The van der Waals surface area contributed by atoms with Gasteiger partial charge in [0.25, 0.3) is 0 Å². The fourth-order valence-electron chi connectivity index (χ4n) is 1.20. The summed E-state index contributed by atoms with van der Waals surface area (Å²) in [5.41, 5.74) is 0.679. The number of carboxylic acid groups (broad SMARTS) is 1. The quantitative estimate of drug-likeness (QED) is 0.609. The molecule has 7 nitrogen and oxygen atoms in total. The molecule has 0 fully saturated rings. The Balaban J connectivity index is 2.29. The number of carbonyl (C=O) groups is 1. The number of pyridine rings is 1. The van der Waals surface area contributed by atoms with Crippen molar-refractivity contribution in [2.45, 2.75) is 6.42 Å². The second-order valence-electron chi connectivity index (χ2n) is 3.68. The first-order valence-electron chi connectivity index (χ1n) is 5.26. The average molecular weight is 273 g/mol. The Morgan fingerprint density at radius 1 is 1.39 bits per heavy atom. The van der Waals surface area contributed by atoms with Crippen LogP contribution in [0.3, 0.4) is 0 Å². The molecular formula is C10H15N3O4S. The van der Waals surface area contributed by atoms with Crippen LogP contribution in [-0.2, 0) is 10.0 Å². The van der Waals surface area contributed by atoms with E-state index in [1.807, 2.05) is 0 Å². The molecular weight excluding hydrogens is 258 g/mol. The van der Waals surface area contributed by atoms with Gasteiger partial charge in [0.15, 0.2) is 0 Å². The molecule has 0 saturated heterocycles. The highest BCUT2D eigenvalue weighted by molar-refractivity contribution is 7.88. The summed E-state index contributed by atoms with van der Waals surface area (Å²) in [7, 11) is -3.14. The standard InChI is InChI=1S/C10H15N3O4S/c1-18(16,17)13-6-2-5-11-8-3-4-9(10(14)15)12-7-8/h3-4,7,11,13H,2,5-6H2,1H3,(H,14,15). The predicted molar refractivity (Wildman–Crippen MR) is 67.1 cm³/mol. The SMILES string of the molecule is CS(=O)(=O)NCCCNc1ccc(C(=O)O)nc1. The number of rotatable bonds is 7. The molecule has 0 aliphatic carbocycles. The second kappa shape index (κ2) is 6.31. The van der Waals surface area contributed by atoms with E-state index in [9.17, 15) is 13.2 Å². The third kappa shape index (κ3) is 5.60. The fraction of sp³-hybridized carbons (Fsp3) is 0.400. The highest BCUT2D eigenvalue weighted by atomic mass is 32.2. The van der Waals surface area contributed by atoms with Crippen molar-refractivity contribution < 1.29 is 18.3 Å². The van der Waals surface area contributed by atoms with Crippen LogP contribution < -0.4 is 10.0 Å². The van der Waals surface area contributed by atoms with Crippen LogP contribution in [0.5, 0.6) is 0 Å². The normalized spacial score (nSPS) is 11.2. The lowest BCUT2D eigenvalue weighted by Gasteiger charge is -2.06. The van der Waals surface area contributed by atoms with Crippen molar-refractivity contribution in [3.05, 3.63) is 24.0 Å². The van der Waals surface area contributed by atoms with Gasteiger partial charge >= 0.3 is 5.97 Å². The monoisotopic (exact) mass is 273 g/mol. The Hall–Kier alpha value is -1.67. The zero-order valence-corrected chi connectivity index (χ0v) is 10.7. The molecule has 1 rings (SSSR count). The molecule has 100 valence electrons. The number of nitrogens with one attached hydrogen (secondary N) is 2. The highest BCUT2D eigenvalue weighted by Gasteiger charge is 2.03. The fourth-order valence-corrected chi connectivity index (χ4v) is 1.72. The van der Waals surface area contributed by atoms with Gasteiger partial charge < -0.3 is 10.4 Å². The second-order valence-corrected chi connectivity index (χ2v) is 5.52. The van der Waals surface area contributed by atoms with Crippen LogP contribution in [0.4, 0.5) is 5.69 Å². The highest BCUT2D eigenvalue weighted by Crippen LogP contribution is 2.05. The molecule has 1 aromatic rings. The Morgan fingerprint density at radius 3 is 2.61 bits per heavy atom. The Bertz CT molecular complexity index is 498. The smallest absolute Gasteiger partial charge is 0.354 e. The summed E-state index contributed by atoms with van der Waals surface area (Å²) >= 11 is 0. The van der Waals surface area contributed by atoms with Gasteiger partial charge in [0.2, 0.25) is 10.0 Å². The maximum atomic E-state index is 10.8. The maximum Gasteiger partial charge on any atom is 0.354 e. The minimum Gasteiger partial charge on any atom is -0.477 e. The van der Waals surface area contributed by atoms with E-state index in [1.54, 1.807) is 6.07 Å². The minimum atomic E-state index is -3.14.